The number of carbonyl (C=O) groups is 1. The van der Waals surface area contributed by atoms with E-state index in [1.807, 2.05) is 41.1 Å². The van der Waals surface area contributed by atoms with Gasteiger partial charge in [0.15, 0.2) is 11.0 Å². The number of nitrogens with two attached hydrogens (primary N) is 1. The van der Waals surface area contributed by atoms with Crippen LogP contribution in [0.1, 0.15) is 24.5 Å². The van der Waals surface area contributed by atoms with Crippen LogP contribution >= 0.6 is 34.7 Å². The second-order valence-corrected chi connectivity index (χ2v) is 9.12. The molecule has 0 aliphatic carbocycles. The van der Waals surface area contributed by atoms with Gasteiger partial charge in [0.2, 0.25) is 5.91 Å². The number of hydrogen-bond donors (Lipinski definition) is 1. The van der Waals surface area contributed by atoms with E-state index in [4.69, 9.17) is 21.8 Å². The molecule has 31 heavy (non-hydrogen) atoms. The largest absolute Gasteiger partial charge is 0.423 e. The van der Waals surface area contributed by atoms with Crippen LogP contribution in [0.25, 0.3) is 21.7 Å². The summed E-state index contributed by atoms with van der Waals surface area (Å²) in [5, 5.41) is 12.7. The molecule has 0 atom stereocenters. The molecule has 0 spiro atoms. The van der Waals surface area contributed by atoms with Crippen LogP contribution in [0.15, 0.2) is 50.1 Å². The topological polar surface area (TPSA) is 104 Å². The molecule has 0 aliphatic rings. The Bertz CT molecular complexity index is 1300. The molecule has 4 aromatic rings. The molecule has 0 saturated carbocycles. The van der Waals surface area contributed by atoms with Crippen molar-refractivity contribution in [1.82, 2.24) is 14.8 Å². The molecule has 1 aromatic carbocycles. The fourth-order valence-corrected chi connectivity index (χ4v) is 5.20. The van der Waals surface area contributed by atoms with E-state index in [0.717, 1.165) is 27.8 Å². The van der Waals surface area contributed by atoms with E-state index in [0.29, 0.717) is 33.9 Å². The van der Waals surface area contributed by atoms with Crippen molar-refractivity contribution in [2.75, 3.05) is 0 Å². The maximum absolute atomic E-state index is 12.1. The van der Waals surface area contributed by atoms with Crippen LogP contribution in [0.4, 0.5) is 0 Å². The van der Waals surface area contributed by atoms with Gasteiger partial charge in [0.1, 0.15) is 5.58 Å². The van der Waals surface area contributed by atoms with Gasteiger partial charge in [0.05, 0.1) is 4.88 Å². The second-order valence-electron chi connectivity index (χ2n) is 6.82. The minimum absolute atomic E-state index is 0.178. The van der Waals surface area contributed by atoms with E-state index in [1.54, 1.807) is 11.3 Å². The lowest BCUT2D eigenvalue weighted by Crippen LogP contribution is -2.15. The van der Waals surface area contributed by atoms with Crippen LogP contribution in [-0.4, -0.2) is 20.7 Å². The van der Waals surface area contributed by atoms with Gasteiger partial charge in [0.25, 0.3) is 0 Å². The number of thiophene rings is 1. The average Bonchev–Trinajstić information content (AvgIpc) is 3.39. The van der Waals surface area contributed by atoms with E-state index >= 15 is 0 Å². The molecule has 10 heteroatoms. The summed E-state index contributed by atoms with van der Waals surface area (Å²) in [7, 11) is 0. The number of amides is 1. The highest BCUT2D eigenvalue weighted by molar-refractivity contribution is 7.98. The minimum Gasteiger partial charge on any atom is -0.423 e. The van der Waals surface area contributed by atoms with E-state index in [9.17, 15) is 9.59 Å². The number of benzene rings is 1. The Kier molecular flexibility index (Phi) is 6.45. The number of hydrogen-bond acceptors (Lipinski definition) is 7. The second kappa shape index (κ2) is 9.25. The van der Waals surface area contributed by atoms with Crippen molar-refractivity contribution < 1.29 is 9.21 Å². The van der Waals surface area contributed by atoms with Crippen molar-refractivity contribution in [2.45, 2.75) is 37.2 Å². The molecular weight excluding hydrogens is 456 g/mol. The number of halogens is 1. The number of fused-ring (bicyclic) bond motifs is 1. The standard InChI is InChI=1S/C21H19ClN4O3S2/c1-2-12-8-16-14(10-15(12)22)13(9-19(28)29-16)11-31-21-25-24-20(17-4-3-7-30-17)26(21)6-5-18(23)27/h3-4,7-10H,2,5-6,11H2,1H3,(H2,23,27). The number of carbonyl (C=O) groups excluding carboxylic acids is 1. The molecular formula is C21H19ClN4O3S2. The van der Waals surface area contributed by atoms with Gasteiger partial charge in [-0.25, -0.2) is 4.79 Å². The third-order valence-electron chi connectivity index (χ3n) is 4.78. The highest BCUT2D eigenvalue weighted by atomic mass is 35.5. The Balaban J connectivity index is 1.68. The summed E-state index contributed by atoms with van der Waals surface area (Å²) in [6, 6.07) is 9.01. The lowest BCUT2D eigenvalue weighted by molar-refractivity contribution is -0.118. The molecule has 1 amide bonds. The molecule has 0 saturated heterocycles. The van der Waals surface area contributed by atoms with Crippen molar-refractivity contribution in [3.63, 3.8) is 0 Å². The van der Waals surface area contributed by atoms with Gasteiger partial charge in [-0.15, -0.1) is 21.5 Å². The zero-order chi connectivity index (χ0) is 22.0. The van der Waals surface area contributed by atoms with Gasteiger partial charge in [-0.05, 0) is 41.1 Å². The number of aromatic nitrogens is 3. The first-order valence-electron chi connectivity index (χ1n) is 9.59. The maximum Gasteiger partial charge on any atom is 0.336 e. The predicted molar refractivity (Wildman–Crippen MR) is 124 cm³/mol. The summed E-state index contributed by atoms with van der Waals surface area (Å²) in [6.07, 6.45) is 0.920. The van der Waals surface area contributed by atoms with E-state index in [2.05, 4.69) is 10.2 Å². The molecule has 3 heterocycles. The predicted octanol–water partition coefficient (Wildman–Crippen LogP) is 4.50. The normalized spacial score (nSPS) is 11.3. The molecule has 2 N–H and O–H groups in total. The summed E-state index contributed by atoms with van der Waals surface area (Å²) in [4.78, 5) is 24.4. The fraction of sp³-hybridized carbons (Fsp3) is 0.238. The molecule has 0 bridgehead atoms. The summed E-state index contributed by atoms with van der Waals surface area (Å²) < 4.78 is 7.27. The van der Waals surface area contributed by atoms with E-state index in [-0.39, 0.29) is 6.42 Å². The minimum atomic E-state index is -0.415. The van der Waals surface area contributed by atoms with Crippen LogP contribution in [-0.2, 0) is 23.5 Å². The lowest BCUT2D eigenvalue weighted by atomic mass is 10.1. The summed E-state index contributed by atoms with van der Waals surface area (Å²) in [6.45, 7) is 2.37. The molecule has 0 radical (unpaired) electrons. The first-order valence-corrected chi connectivity index (χ1v) is 11.8. The van der Waals surface area contributed by atoms with Gasteiger partial charge in [0, 0.05) is 35.2 Å². The monoisotopic (exact) mass is 474 g/mol. The quantitative estimate of drug-likeness (QED) is 0.298. The van der Waals surface area contributed by atoms with Crippen molar-refractivity contribution in [1.29, 1.82) is 0 Å². The van der Waals surface area contributed by atoms with Crippen LogP contribution in [0.3, 0.4) is 0 Å². The molecule has 7 nitrogen and oxygen atoms in total. The Hall–Kier alpha value is -2.62. The third-order valence-corrected chi connectivity index (χ3v) is 7.01. The fourth-order valence-electron chi connectivity index (χ4n) is 3.23. The van der Waals surface area contributed by atoms with Gasteiger partial charge in [-0.1, -0.05) is 36.4 Å². The highest BCUT2D eigenvalue weighted by Gasteiger charge is 2.17. The Morgan fingerprint density at radius 3 is 2.84 bits per heavy atom. The Labute approximate surface area is 191 Å². The lowest BCUT2D eigenvalue weighted by Gasteiger charge is -2.10. The van der Waals surface area contributed by atoms with Crippen LogP contribution in [0.5, 0.6) is 0 Å². The molecule has 0 unspecified atom stereocenters. The van der Waals surface area contributed by atoms with Gasteiger partial charge in [-0.2, -0.15) is 0 Å². The summed E-state index contributed by atoms with van der Waals surface area (Å²) >= 11 is 9.36. The first-order chi connectivity index (χ1) is 15.0. The van der Waals surface area contributed by atoms with E-state index < -0.39 is 11.5 Å². The third kappa shape index (κ3) is 4.68. The number of thioether (sulfide) groups is 1. The van der Waals surface area contributed by atoms with Crippen LogP contribution in [0.2, 0.25) is 5.02 Å². The maximum atomic E-state index is 12.1. The Morgan fingerprint density at radius 2 is 2.13 bits per heavy atom. The number of nitrogens with zero attached hydrogens (tertiary/aromatic N) is 3. The van der Waals surface area contributed by atoms with Crippen molar-refractivity contribution >= 4 is 51.6 Å². The molecule has 3 aromatic heterocycles. The average molecular weight is 475 g/mol. The zero-order valence-electron chi connectivity index (χ0n) is 16.6. The van der Waals surface area contributed by atoms with Gasteiger partial charge < -0.3 is 14.7 Å². The smallest absolute Gasteiger partial charge is 0.336 e. The molecule has 0 aliphatic heterocycles. The zero-order valence-corrected chi connectivity index (χ0v) is 19.0. The van der Waals surface area contributed by atoms with Gasteiger partial charge >= 0.3 is 5.63 Å². The van der Waals surface area contributed by atoms with Crippen molar-refractivity contribution in [3.05, 3.63) is 62.3 Å². The number of primary amides is 1. The Morgan fingerprint density at radius 1 is 1.29 bits per heavy atom. The van der Waals surface area contributed by atoms with Crippen molar-refractivity contribution in [3.8, 4) is 10.7 Å². The van der Waals surface area contributed by atoms with Gasteiger partial charge in [-0.3, -0.25) is 4.79 Å². The molecule has 160 valence electrons. The SMILES string of the molecule is CCc1cc2oc(=O)cc(CSc3nnc(-c4cccs4)n3CCC(N)=O)c2cc1Cl. The molecule has 0 fully saturated rings. The van der Waals surface area contributed by atoms with Crippen LogP contribution < -0.4 is 11.4 Å². The molecule has 4 rings (SSSR count). The van der Waals surface area contributed by atoms with E-state index in [1.165, 1.54) is 17.8 Å². The summed E-state index contributed by atoms with van der Waals surface area (Å²) in [5.41, 5.74) is 7.17. The number of rotatable bonds is 8. The number of aryl methyl sites for hydroxylation is 1. The van der Waals surface area contributed by atoms with Crippen LogP contribution in [0, 0.1) is 0 Å². The van der Waals surface area contributed by atoms with Crippen molar-refractivity contribution in [2.24, 2.45) is 5.73 Å². The first kappa shape index (κ1) is 21.6. The summed E-state index contributed by atoms with van der Waals surface area (Å²) in [5.74, 6) is 0.755. The highest BCUT2D eigenvalue weighted by Crippen LogP contribution is 2.32.